The predicted octanol–water partition coefficient (Wildman–Crippen LogP) is -0.661. The van der Waals surface area contributed by atoms with E-state index in [9.17, 15) is 0 Å². The van der Waals surface area contributed by atoms with E-state index < -0.39 is 0 Å². The summed E-state index contributed by atoms with van der Waals surface area (Å²) in [4.78, 5) is 1.75. The molecule has 54 valence electrons. The van der Waals surface area contributed by atoms with Crippen molar-refractivity contribution in [2.75, 3.05) is 28.2 Å². The van der Waals surface area contributed by atoms with Crippen LogP contribution in [0, 0.1) is 0 Å². The van der Waals surface area contributed by atoms with Crippen molar-refractivity contribution in [2.45, 2.75) is 0 Å². The van der Waals surface area contributed by atoms with Gasteiger partial charge in [-0.05, 0) is 0 Å². The van der Waals surface area contributed by atoms with Gasteiger partial charge in [0.15, 0.2) is 0 Å². The van der Waals surface area contributed by atoms with Crippen LogP contribution < -0.4 is 5.73 Å². The van der Waals surface area contributed by atoms with Crippen molar-refractivity contribution in [1.82, 2.24) is 9.91 Å². The fraction of sp³-hybridized carbons (Fsp3) is 0.800. The average Bonchev–Trinajstić information content (AvgIpc) is 1.63. The lowest BCUT2D eigenvalue weighted by Gasteiger charge is -2.12. The lowest BCUT2D eigenvalue weighted by molar-refractivity contribution is 0.422. The highest BCUT2D eigenvalue weighted by molar-refractivity contribution is 5.77. The molecule has 0 radical (unpaired) electrons. The number of hydrogen-bond acceptors (Lipinski definition) is 2. The summed E-state index contributed by atoms with van der Waals surface area (Å²) < 4.78 is 0. The van der Waals surface area contributed by atoms with Crippen molar-refractivity contribution >= 4 is 5.96 Å². The van der Waals surface area contributed by atoms with E-state index in [2.05, 4.69) is 5.10 Å². The maximum atomic E-state index is 5.45. The fourth-order valence-electron chi connectivity index (χ4n) is 0.294. The van der Waals surface area contributed by atoms with E-state index in [1.54, 1.807) is 9.91 Å². The molecular formula is C5H14N4. The molecule has 0 aliphatic rings. The van der Waals surface area contributed by atoms with Crippen LogP contribution in [0.2, 0.25) is 0 Å². The van der Waals surface area contributed by atoms with Crippen molar-refractivity contribution < 1.29 is 0 Å². The Balaban J connectivity index is 3.84. The summed E-state index contributed by atoms with van der Waals surface area (Å²) in [7, 11) is 7.36. The monoisotopic (exact) mass is 130 g/mol. The molecule has 0 heterocycles. The first-order valence-corrected chi connectivity index (χ1v) is 2.72. The Labute approximate surface area is 55.9 Å². The maximum Gasteiger partial charge on any atom is 0.213 e. The summed E-state index contributed by atoms with van der Waals surface area (Å²) in [5, 5.41) is 5.59. The van der Waals surface area contributed by atoms with Gasteiger partial charge in [-0.15, -0.1) is 5.10 Å². The zero-order chi connectivity index (χ0) is 7.44. The van der Waals surface area contributed by atoms with Gasteiger partial charge in [0.25, 0.3) is 0 Å². The molecule has 0 saturated carbocycles. The highest BCUT2D eigenvalue weighted by Crippen LogP contribution is 1.78. The van der Waals surface area contributed by atoms with Crippen LogP contribution in [0.1, 0.15) is 0 Å². The van der Waals surface area contributed by atoms with Crippen molar-refractivity contribution in [2.24, 2.45) is 10.8 Å². The molecule has 0 amide bonds. The standard InChI is InChI=1S/C5H14N4/c1-8(2)5(6)7-9(3)4/h1-4H3,(H2,6,7). The molecular weight excluding hydrogens is 116 g/mol. The highest BCUT2D eigenvalue weighted by Gasteiger charge is 1.91. The van der Waals surface area contributed by atoms with Gasteiger partial charge >= 0.3 is 0 Å². The average molecular weight is 130 g/mol. The second kappa shape index (κ2) is 3.17. The molecule has 4 nitrogen and oxygen atoms in total. The molecule has 0 rings (SSSR count). The summed E-state index contributed by atoms with van der Waals surface area (Å²) in [5.74, 6) is 0.514. The number of guanidine groups is 1. The third kappa shape index (κ3) is 3.64. The zero-order valence-corrected chi connectivity index (χ0v) is 6.42. The minimum Gasteiger partial charge on any atom is -0.368 e. The third-order valence-electron chi connectivity index (χ3n) is 0.761. The first kappa shape index (κ1) is 8.07. The van der Waals surface area contributed by atoms with Crippen molar-refractivity contribution in [1.29, 1.82) is 0 Å². The normalized spacial score (nSPS) is 11.3. The van der Waals surface area contributed by atoms with Crippen LogP contribution in [0.5, 0.6) is 0 Å². The smallest absolute Gasteiger partial charge is 0.213 e. The molecule has 0 fully saturated rings. The molecule has 0 aromatic rings. The van der Waals surface area contributed by atoms with Crippen LogP contribution in [0.4, 0.5) is 0 Å². The van der Waals surface area contributed by atoms with Crippen molar-refractivity contribution in [3.05, 3.63) is 0 Å². The van der Waals surface area contributed by atoms with Gasteiger partial charge in [0.2, 0.25) is 5.96 Å². The number of nitrogens with two attached hydrogens (primary N) is 1. The summed E-state index contributed by atoms with van der Waals surface area (Å²) in [6.45, 7) is 0. The largest absolute Gasteiger partial charge is 0.368 e. The van der Waals surface area contributed by atoms with Crippen LogP contribution in [-0.2, 0) is 0 Å². The van der Waals surface area contributed by atoms with E-state index in [-0.39, 0.29) is 0 Å². The zero-order valence-electron chi connectivity index (χ0n) is 6.42. The second-order valence-corrected chi connectivity index (χ2v) is 2.20. The molecule has 0 bridgehead atoms. The Morgan fingerprint density at radius 2 is 1.67 bits per heavy atom. The Hall–Kier alpha value is -0.930. The summed E-state index contributed by atoms with van der Waals surface area (Å²) in [6, 6.07) is 0. The molecule has 0 spiro atoms. The summed E-state index contributed by atoms with van der Waals surface area (Å²) in [6.07, 6.45) is 0. The van der Waals surface area contributed by atoms with E-state index in [0.717, 1.165) is 0 Å². The topological polar surface area (TPSA) is 44.9 Å². The van der Waals surface area contributed by atoms with Gasteiger partial charge in [0, 0.05) is 28.2 Å². The molecule has 0 aromatic heterocycles. The number of nitrogens with zero attached hydrogens (tertiary/aromatic N) is 3. The van der Waals surface area contributed by atoms with E-state index >= 15 is 0 Å². The SMILES string of the molecule is CN(C)/N=C(\N)N(C)C. The third-order valence-corrected chi connectivity index (χ3v) is 0.761. The first-order valence-electron chi connectivity index (χ1n) is 2.72. The van der Waals surface area contributed by atoms with E-state index in [1.165, 1.54) is 0 Å². The first-order chi connectivity index (χ1) is 4.04. The summed E-state index contributed by atoms with van der Waals surface area (Å²) >= 11 is 0. The minimum absolute atomic E-state index is 0.514. The van der Waals surface area contributed by atoms with Crippen molar-refractivity contribution in [3.8, 4) is 0 Å². The molecule has 0 unspecified atom stereocenters. The minimum atomic E-state index is 0.514. The highest BCUT2D eigenvalue weighted by atomic mass is 15.5. The maximum absolute atomic E-state index is 5.45. The summed E-state index contributed by atoms with van der Waals surface area (Å²) in [5.41, 5.74) is 5.45. The molecule has 0 saturated heterocycles. The molecule has 0 aliphatic carbocycles. The number of rotatable bonds is 1. The Morgan fingerprint density at radius 1 is 1.22 bits per heavy atom. The van der Waals surface area contributed by atoms with E-state index in [1.807, 2.05) is 28.2 Å². The molecule has 0 atom stereocenters. The quantitative estimate of drug-likeness (QED) is 0.291. The Kier molecular flexibility index (Phi) is 2.84. The number of hydrazone groups is 1. The van der Waals surface area contributed by atoms with Gasteiger partial charge in [-0.2, -0.15) is 0 Å². The molecule has 4 heteroatoms. The number of hydrogen-bond donors (Lipinski definition) is 1. The van der Waals surface area contributed by atoms with Crippen LogP contribution >= 0.6 is 0 Å². The van der Waals surface area contributed by atoms with E-state index in [0.29, 0.717) is 5.96 Å². The van der Waals surface area contributed by atoms with Crippen LogP contribution in [0.25, 0.3) is 0 Å². The lowest BCUT2D eigenvalue weighted by Crippen LogP contribution is -2.32. The van der Waals surface area contributed by atoms with Crippen LogP contribution in [-0.4, -0.2) is 44.1 Å². The second-order valence-electron chi connectivity index (χ2n) is 2.20. The lowest BCUT2D eigenvalue weighted by atomic mass is 10.8. The molecule has 2 N–H and O–H groups in total. The van der Waals surface area contributed by atoms with Gasteiger partial charge < -0.3 is 10.6 Å². The van der Waals surface area contributed by atoms with Crippen molar-refractivity contribution in [3.63, 3.8) is 0 Å². The van der Waals surface area contributed by atoms with Gasteiger partial charge in [-0.3, -0.25) is 5.01 Å². The molecule has 9 heavy (non-hydrogen) atoms. The van der Waals surface area contributed by atoms with Gasteiger partial charge in [0.1, 0.15) is 0 Å². The molecule has 0 aliphatic heterocycles. The van der Waals surface area contributed by atoms with Gasteiger partial charge in [-0.1, -0.05) is 0 Å². The van der Waals surface area contributed by atoms with E-state index in [4.69, 9.17) is 5.73 Å². The van der Waals surface area contributed by atoms with Gasteiger partial charge in [-0.25, -0.2) is 0 Å². The van der Waals surface area contributed by atoms with Crippen LogP contribution in [0.3, 0.4) is 0 Å². The van der Waals surface area contributed by atoms with Crippen LogP contribution in [0.15, 0.2) is 5.10 Å². The predicted molar refractivity (Wildman–Crippen MR) is 39.0 cm³/mol. The Bertz CT molecular complexity index is 106. The molecule has 0 aromatic carbocycles. The van der Waals surface area contributed by atoms with Gasteiger partial charge in [0.05, 0.1) is 0 Å². The Morgan fingerprint density at radius 3 is 1.78 bits per heavy atom. The fourth-order valence-corrected chi connectivity index (χ4v) is 0.294.